The maximum absolute atomic E-state index is 13.2. The van der Waals surface area contributed by atoms with Gasteiger partial charge in [0.05, 0.1) is 23.7 Å². The molecule has 0 saturated carbocycles. The van der Waals surface area contributed by atoms with Gasteiger partial charge >= 0.3 is 0 Å². The third kappa shape index (κ3) is 2.61. The van der Waals surface area contributed by atoms with Crippen molar-refractivity contribution in [2.45, 2.75) is 36.6 Å². The summed E-state index contributed by atoms with van der Waals surface area (Å²) < 4.78 is 35.3. The number of nitrogens with zero attached hydrogens (tertiary/aromatic N) is 3. The molecule has 7 heteroatoms. The molecule has 24 heavy (non-hydrogen) atoms. The quantitative estimate of drug-likeness (QED) is 0.854. The van der Waals surface area contributed by atoms with Crippen LogP contribution in [0.3, 0.4) is 0 Å². The Morgan fingerprint density at radius 1 is 1.29 bits per heavy atom. The van der Waals surface area contributed by atoms with Gasteiger partial charge in [-0.25, -0.2) is 8.42 Å². The molecule has 0 bridgehead atoms. The molecule has 1 saturated heterocycles. The van der Waals surface area contributed by atoms with Crippen molar-refractivity contribution in [3.8, 4) is 5.75 Å². The maximum atomic E-state index is 13.2. The smallest absolute Gasteiger partial charge is 0.243 e. The average molecular weight is 347 g/mol. The second-order valence-corrected chi connectivity index (χ2v) is 8.33. The van der Waals surface area contributed by atoms with E-state index in [1.807, 2.05) is 13.2 Å². The molecule has 0 spiro atoms. The van der Waals surface area contributed by atoms with Crippen molar-refractivity contribution in [3.05, 3.63) is 41.7 Å². The van der Waals surface area contributed by atoms with Crippen LogP contribution in [0.15, 0.2) is 35.5 Å². The lowest BCUT2D eigenvalue weighted by molar-refractivity contribution is 0.256. The molecule has 3 heterocycles. The van der Waals surface area contributed by atoms with Crippen molar-refractivity contribution in [2.75, 3.05) is 13.2 Å². The molecule has 0 N–H and O–H groups in total. The lowest BCUT2D eigenvalue weighted by Gasteiger charge is -2.34. The van der Waals surface area contributed by atoms with Crippen LogP contribution in [0.25, 0.3) is 0 Å². The first-order valence-electron chi connectivity index (χ1n) is 8.32. The van der Waals surface area contributed by atoms with Crippen LogP contribution < -0.4 is 4.74 Å². The van der Waals surface area contributed by atoms with Gasteiger partial charge in [0, 0.05) is 31.8 Å². The first-order valence-corrected chi connectivity index (χ1v) is 9.76. The van der Waals surface area contributed by atoms with Crippen LogP contribution in [0.1, 0.15) is 36.4 Å². The van der Waals surface area contributed by atoms with Gasteiger partial charge in [0.1, 0.15) is 5.75 Å². The van der Waals surface area contributed by atoms with Crippen LogP contribution in [0.5, 0.6) is 5.75 Å². The number of fused-ring (bicyclic) bond motifs is 1. The Bertz CT molecular complexity index is 860. The molecule has 1 aromatic carbocycles. The van der Waals surface area contributed by atoms with Gasteiger partial charge in [-0.1, -0.05) is 6.42 Å². The minimum atomic E-state index is -3.53. The summed E-state index contributed by atoms with van der Waals surface area (Å²) in [7, 11) is -1.68. The van der Waals surface area contributed by atoms with Gasteiger partial charge in [-0.15, -0.1) is 0 Å². The summed E-state index contributed by atoms with van der Waals surface area (Å²) in [5.74, 6) is 0.802. The molecular weight excluding hydrogens is 326 g/mol. The second kappa shape index (κ2) is 5.89. The van der Waals surface area contributed by atoms with Crippen LogP contribution in [0.2, 0.25) is 0 Å². The highest BCUT2D eigenvalue weighted by Crippen LogP contribution is 2.36. The number of hydrogen-bond acceptors (Lipinski definition) is 4. The molecule has 128 valence electrons. The number of rotatable bonds is 3. The number of aryl methyl sites for hydroxylation is 1. The van der Waals surface area contributed by atoms with E-state index in [2.05, 4.69) is 5.10 Å². The highest BCUT2D eigenvalue weighted by Gasteiger charge is 2.35. The summed E-state index contributed by atoms with van der Waals surface area (Å²) in [5.41, 5.74) is 1.94. The number of benzene rings is 1. The minimum absolute atomic E-state index is 0.137. The van der Waals surface area contributed by atoms with E-state index in [1.165, 1.54) is 0 Å². The van der Waals surface area contributed by atoms with Crippen molar-refractivity contribution in [1.82, 2.24) is 14.1 Å². The Hall–Kier alpha value is -1.86. The number of sulfonamides is 1. The first kappa shape index (κ1) is 15.7. The highest BCUT2D eigenvalue weighted by molar-refractivity contribution is 7.89. The fourth-order valence-corrected chi connectivity index (χ4v) is 5.33. The molecule has 0 radical (unpaired) electrons. The van der Waals surface area contributed by atoms with Crippen LogP contribution in [0, 0.1) is 0 Å². The zero-order valence-electron chi connectivity index (χ0n) is 13.7. The van der Waals surface area contributed by atoms with Gasteiger partial charge in [0.2, 0.25) is 10.0 Å². The molecular formula is C17H21N3O3S. The zero-order chi connectivity index (χ0) is 16.7. The average Bonchev–Trinajstić information content (AvgIpc) is 3.22. The van der Waals surface area contributed by atoms with E-state index >= 15 is 0 Å². The normalized spacial score (nSPS) is 21.5. The molecule has 4 rings (SSSR count). The van der Waals surface area contributed by atoms with Crippen LogP contribution >= 0.6 is 0 Å². The molecule has 1 aromatic heterocycles. The minimum Gasteiger partial charge on any atom is -0.493 e. The Balaban J connectivity index is 1.71. The highest BCUT2D eigenvalue weighted by atomic mass is 32.2. The fraction of sp³-hybridized carbons (Fsp3) is 0.471. The van der Waals surface area contributed by atoms with Crippen molar-refractivity contribution in [2.24, 2.45) is 7.05 Å². The maximum Gasteiger partial charge on any atom is 0.243 e. The Morgan fingerprint density at radius 2 is 2.17 bits per heavy atom. The molecule has 6 nitrogen and oxygen atoms in total. The summed E-state index contributed by atoms with van der Waals surface area (Å²) in [6.45, 7) is 1.18. The Morgan fingerprint density at radius 3 is 2.96 bits per heavy atom. The van der Waals surface area contributed by atoms with Crippen LogP contribution in [0.4, 0.5) is 0 Å². The van der Waals surface area contributed by atoms with E-state index in [0.717, 1.165) is 42.6 Å². The number of piperidine rings is 1. The zero-order valence-corrected chi connectivity index (χ0v) is 14.5. The monoisotopic (exact) mass is 347 g/mol. The third-order valence-electron chi connectivity index (χ3n) is 4.83. The van der Waals surface area contributed by atoms with Crippen molar-refractivity contribution in [1.29, 1.82) is 0 Å². The molecule has 2 aliphatic rings. The van der Waals surface area contributed by atoms with E-state index in [-0.39, 0.29) is 6.04 Å². The van der Waals surface area contributed by atoms with Gasteiger partial charge in [0.15, 0.2) is 0 Å². The largest absolute Gasteiger partial charge is 0.493 e. The van der Waals surface area contributed by atoms with E-state index in [0.29, 0.717) is 18.0 Å². The summed E-state index contributed by atoms with van der Waals surface area (Å²) in [6, 6.07) is 5.07. The SMILES string of the molecule is Cn1cc(C2CCCCN2S(=O)(=O)c2ccc3c(c2)CCO3)cn1. The van der Waals surface area contributed by atoms with Gasteiger partial charge < -0.3 is 4.74 Å². The summed E-state index contributed by atoms with van der Waals surface area (Å²) in [4.78, 5) is 0.363. The first-order chi connectivity index (χ1) is 11.6. The van der Waals surface area contributed by atoms with Gasteiger partial charge in [0.25, 0.3) is 0 Å². The van der Waals surface area contributed by atoms with Crippen molar-refractivity contribution < 1.29 is 13.2 Å². The predicted octanol–water partition coefficient (Wildman–Crippen LogP) is 2.27. The van der Waals surface area contributed by atoms with E-state index in [4.69, 9.17) is 4.74 Å². The number of hydrogen-bond donors (Lipinski definition) is 0. The van der Waals surface area contributed by atoms with Gasteiger partial charge in [-0.2, -0.15) is 9.40 Å². The molecule has 1 fully saturated rings. The van der Waals surface area contributed by atoms with Gasteiger partial charge in [-0.3, -0.25) is 4.68 Å². The molecule has 2 aliphatic heterocycles. The van der Waals surface area contributed by atoms with Crippen molar-refractivity contribution >= 4 is 10.0 Å². The molecule has 0 aliphatic carbocycles. The topological polar surface area (TPSA) is 64.4 Å². The second-order valence-electron chi connectivity index (χ2n) is 6.44. The lowest BCUT2D eigenvalue weighted by Crippen LogP contribution is -2.38. The van der Waals surface area contributed by atoms with E-state index in [1.54, 1.807) is 33.4 Å². The molecule has 1 unspecified atom stereocenters. The number of aromatic nitrogens is 2. The molecule has 0 amide bonds. The van der Waals surface area contributed by atoms with Crippen molar-refractivity contribution in [3.63, 3.8) is 0 Å². The molecule has 1 atom stereocenters. The standard InChI is InChI=1S/C17H21N3O3S/c1-19-12-14(11-18-19)16-4-2-3-8-20(16)24(21,22)15-5-6-17-13(10-15)7-9-23-17/h5-6,10-12,16H,2-4,7-9H2,1H3. The lowest BCUT2D eigenvalue weighted by atomic mass is 10.0. The van der Waals surface area contributed by atoms with Crippen LogP contribution in [-0.2, 0) is 23.5 Å². The van der Waals surface area contributed by atoms with E-state index in [9.17, 15) is 8.42 Å². The summed E-state index contributed by atoms with van der Waals surface area (Å²) in [6.07, 6.45) is 7.21. The van der Waals surface area contributed by atoms with Gasteiger partial charge in [-0.05, 0) is 36.6 Å². The molecule has 2 aromatic rings. The van der Waals surface area contributed by atoms with E-state index < -0.39 is 10.0 Å². The summed E-state index contributed by atoms with van der Waals surface area (Å²) in [5, 5.41) is 4.21. The van der Waals surface area contributed by atoms with Crippen LogP contribution in [-0.4, -0.2) is 35.7 Å². The Kier molecular flexibility index (Phi) is 3.85. The predicted molar refractivity (Wildman–Crippen MR) is 89.3 cm³/mol. The number of ether oxygens (including phenoxy) is 1. The Labute approximate surface area is 142 Å². The fourth-order valence-electron chi connectivity index (χ4n) is 3.60. The summed E-state index contributed by atoms with van der Waals surface area (Å²) >= 11 is 0. The third-order valence-corrected chi connectivity index (χ3v) is 6.73.